The number of hydrogen-bond acceptors (Lipinski definition) is 8. The fourth-order valence-electron chi connectivity index (χ4n) is 1.83. The maximum atomic E-state index is 10.9. The summed E-state index contributed by atoms with van der Waals surface area (Å²) in [6.45, 7) is 5.56. The minimum atomic E-state index is -0.466. The predicted molar refractivity (Wildman–Crippen MR) is 79.3 cm³/mol. The summed E-state index contributed by atoms with van der Waals surface area (Å²) in [7, 11) is 0. The van der Waals surface area contributed by atoms with E-state index in [1.54, 1.807) is 0 Å². The van der Waals surface area contributed by atoms with Crippen LogP contribution in [0.25, 0.3) is 0 Å². The SMILES string of the molecule is CCCNc1nc(NCC(N)=O)nc(N2CCOCC2)n1. The number of morpholine rings is 1. The molecule has 1 aliphatic heterocycles. The Morgan fingerprint density at radius 1 is 1.24 bits per heavy atom. The van der Waals surface area contributed by atoms with Crippen molar-refractivity contribution in [1.29, 1.82) is 0 Å². The molecule has 21 heavy (non-hydrogen) atoms. The predicted octanol–water partition coefficient (Wildman–Crippen LogP) is -0.573. The van der Waals surface area contributed by atoms with E-state index in [0.29, 0.717) is 31.1 Å². The number of amides is 1. The number of rotatable bonds is 7. The van der Waals surface area contributed by atoms with Gasteiger partial charge in [-0.15, -0.1) is 0 Å². The van der Waals surface area contributed by atoms with E-state index >= 15 is 0 Å². The first kappa shape index (κ1) is 15.2. The molecule has 0 radical (unpaired) electrons. The highest BCUT2D eigenvalue weighted by Crippen LogP contribution is 2.14. The zero-order chi connectivity index (χ0) is 15.1. The Morgan fingerprint density at radius 2 is 1.90 bits per heavy atom. The van der Waals surface area contributed by atoms with Gasteiger partial charge in [0.2, 0.25) is 23.8 Å². The monoisotopic (exact) mass is 295 g/mol. The van der Waals surface area contributed by atoms with Gasteiger partial charge in [-0.05, 0) is 6.42 Å². The summed E-state index contributed by atoms with van der Waals surface area (Å²) in [6.07, 6.45) is 0.961. The average Bonchev–Trinajstić information content (AvgIpc) is 2.51. The molecule has 4 N–H and O–H groups in total. The van der Waals surface area contributed by atoms with Crippen LogP contribution in [0, 0.1) is 0 Å². The molecule has 1 aromatic rings. The molecule has 2 rings (SSSR count). The molecule has 1 fully saturated rings. The van der Waals surface area contributed by atoms with Crippen molar-refractivity contribution < 1.29 is 9.53 Å². The number of hydrogen-bond donors (Lipinski definition) is 3. The van der Waals surface area contributed by atoms with E-state index in [1.807, 2.05) is 4.90 Å². The molecule has 1 amide bonds. The molecule has 0 atom stereocenters. The molecule has 1 saturated heterocycles. The van der Waals surface area contributed by atoms with Crippen LogP contribution >= 0.6 is 0 Å². The van der Waals surface area contributed by atoms with Crippen LogP contribution in [0.1, 0.15) is 13.3 Å². The number of primary amides is 1. The lowest BCUT2D eigenvalue weighted by Gasteiger charge is -2.27. The van der Waals surface area contributed by atoms with Crippen LogP contribution in [-0.4, -0.2) is 60.3 Å². The highest BCUT2D eigenvalue weighted by atomic mass is 16.5. The first-order valence-corrected chi connectivity index (χ1v) is 7.04. The molecule has 1 aliphatic rings. The van der Waals surface area contributed by atoms with Gasteiger partial charge in [-0.25, -0.2) is 0 Å². The van der Waals surface area contributed by atoms with Crippen LogP contribution in [0.15, 0.2) is 0 Å². The first-order chi connectivity index (χ1) is 10.2. The van der Waals surface area contributed by atoms with Crippen molar-refractivity contribution in [3.8, 4) is 0 Å². The number of anilines is 3. The number of aromatic nitrogens is 3. The third-order valence-corrected chi connectivity index (χ3v) is 2.87. The summed E-state index contributed by atoms with van der Waals surface area (Å²) >= 11 is 0. The molecule has 0 saturated carbocycles. The summed E-state index contributed by atoms with van der Waals surface area (Å²) in [5.74, 6) is 0.925. The number of nitrogens with one attached hydrogen (secondary N) is 2. The molecule has 9 nitrogen and oxygen atoms in total. The minimum Gasteiger partial charge on any atom is -0.378 e. The minimum absolute atomic E-state index is 0.0141. The number of nitrogens with two attached hydrogens (primary N) is 1. The van der Waals surface area contributed by atoms with Crippen LogP contribution in [-0.2, 0) is 9.53 Å². The van der Waals surface area contributed by atoms with Crippen molar-refractivity contribution in [1.82, 2.24) is 15.0 Å². The number of carbonyl (C=O) groups excluding carboxylic acids is 1. The number of ether oxygens (including phenoxy) is 1. The highest BCUT2D eigenvalue weighted by Gasteiger charge is 2.16. The van der Waals surface area contributed by atoms with Crippen LogP contribution in [0.2, 0.25) is 0 Å². The second-order valence-corrected chi connectivity index (χ2v) is 4.63. The third kappa shape index (κ3) is 4.71. The van der Waals surface area contributed by atoms with Crippen molar-refractivity contribution in [3.05, 3.63) is 0 Å². The van der Waals surface area contributed by atoms with Gasteiger partial charge in [-0.1, -0.05) is 6.92 Å². The van der Waals surface area contributed by atoms with Gasteiger partial charge < -0.3 is 26.0 Å². The standard InChI is InChI=1S/C12H21N7O2/c1-2-3-14-10-16-11(15-8-9(13)20)18-12(17-10)19-4-6-21-7-5-19/h2-8H2,1H3,(H2,13,20)(H2,14,15,16,17,18). The van der Waals surface area contributed by atoms with Gasteiger partial charge in [0.15, 0.2) is 0 Å². The van der Waals surface area contributed by atoms with E-state index in [0.717, 1.165) is 26.1 Å². The third-order valence-electron chi connectivity index (χ3n) is 2.87. The van der Waals surface area contributed by atoms with Gasteiger partial charge in [-0.3, -0.25) is 4.79 Å². The molecule has 0 bridgehead atoms. The summed E-state index contributed by atoms with van der Waals surface area (Å²) < 4.78 is 5.32. The van der Waals surface area contributed by atoms with E-state index in [4.69, 9.17) is 10.5 Å². The maximum Gasteiger partial charge on any atom is 0.236 e. The largest absolute Gasteiger partial charge is 0.378 e. The zero-order valence-electron chi connectivity index (χ0n) is 12.1. The van der Waals surface area contributed by atoms with Gasteiger partial charge in [-0.2, -0.15) is 15.0 Å². The van der Waals surface area contributed by atoms with Gasteiger partial charge in [0, 0.05) is 19.6 Å². The van der Waals surface area contributed by atoms with Crippen molar-refractivity contribution >= 4 is 23.8 Å². The van der Waals surface area contributed by atoms with E-state index < -0.39 is 5.91 Å². The van der Waals surface area contributed by atoms with Crippen molar-refractivity contribution in [2.45, 2.75) is 13.3 Å². The molecule has 0 aliphatic carbocycles. The summed E-state index contributed by atoms with van der Waals surface area (Å²) in [6, 6.07) is 0. The van der Waals surface area contributed by atoms with Gasteiger partial charge in [0.05, 0.1) is 19.8 Å². The first-order valence-electron chi connectivity index (χ1n) is 7.04. The van der Waals surface area contributed by atoms with E-state index in [1.165, 1.54) is 0 Å². The normalized spacial score (nSPS) is 14.8. The van der Waals surface area contributed by atoms with Crippen LogP contribution in [0.5, 0.6) is 0 Å². The van der Waals surface area contributed by atoms with Crippen molar-refractivity contribution in [2.24, 2.45) is 5.73 Å². The Kier molecular flexibility index (Phi) is 5.50. The van der Waals surface area contributed by atoms with Crippen LogP contribution in [0.3, 0.4) is 0 Å². The van der Waals surface area contributed by atoms with Crippen molar-refractivity contribution in [2.75, 3.05) is 54.9 Å². The highest BCUT2D eigenvalue weighted by molar-refractivity contribution is 5.78. The molecule has 0 spiro atoms. The Bertz CT molecular complexity index is 477. The van der Waals surface area contributed by atoms with Gasteiger partial charge in [0.1, 0.15) is 0 Å². The number of nitrogens with zero attached hydrogens (tertiary/aromatic N) is 4. The van der Waals surface area contributed by atoms with E-state index in [-0.39, 0.29) is 6.54 Å². The maximum absolute atomic E-state index is 10.9. The van der Waals surface area contributed by atoms with E-state index in [9.17, 15) is 4.79 Å². The summed E-state index contributed by atoms with van der Waals surface area (Å²) in [5, 5.41) is 5.93. The molecule has 1 aromatic heterocycles. The van der Waals surface area contributed by atoms with Crippen LogP contribution in [0.4, 0.5) is 17.8 Å². The molecule has 116 valence electrons. The second kappa shape index (κ2) is 7.58. The molecule has 9 heteroatoms. The molecular formula is C12H21N7O2. The Hall–Kier alpha value is -2.16. The van der Waals surface area contributed by atoms with E-state index in [2.05, 4.69) is 32.5 Å². The van der Waals surface area contributed by atoms with Gasteiger partial charge in [0.25, 0.3) is 0 Å². The smallest absolute Gasteiger partial charge is 0.236 e. The number of carbonyl (C=O) groups is 1. The zero-order valence-corrected chi connectivity index (χ0v) is 12.1. The quantitative estimate of drug-likeness (QED) is 0.612. The Morgan fingerprint density at radius 3 is 2.52 bits per heavy atom. The molecular weight excluding hydrogens is 274 g/mol. The Balaban J connectivity index is 2.16. The summed E-state index contributed by atoms with van der Waals surface area (Å²) in [4.78, 5) is 25.8. The molecule has 2 heterocycles. The molecule has 0 aromatic carbocycles. The average molecular weight is 295 g/mol. The Labute approximate surface area is 123 Å². The fraction of sp³-hybridized carbons (Fsp3) is 0.667. The second-order valence-electron chi connectivity index (χ2n) is 4.63. The topological polar surface area (TPSA) is 118 Å². The summed E-state index contributed by atoms with van der Waals surface area (Å²) in [5.41, 5.74) is 5.12. The fourth-order valence-corrected chi connectivity index (χ4v) is 1.83. The molecule has 0 unspecified atom stereocenters. The van der Waals surface area contributed by atoms with Gasteiger partial charge >= 0.3 is 0 Å². The van der Waals surface area contributed by atoms with Crippen molar-refractivity contribution in [3.63, 3.8) is 0 Å². The van der Waals surface area contributed by atoms with Crippen LogP contribution < -0.4 is 21.3 Å². The lowest BCUT2D eigenvalue weighted by molar-refractivity contribution is -0.116. The lowest BCUT2D eigenvalue weighted by atomic mass is 10.4. The lowest BCUT2D eigenvalue weighted by Crippen LogP contribution is -2.37.